The van der Waals surface area contributed by atoms with Gasteiger partial charge in [-0.3, -0.25) is 0 Å². The number of H-pyrrole nitrogens is 1. The summed E-state index contributed by atoms with van der Waals surface area (Å²) in [7, 11) is 1.72. The molecule has 1 saturated heterocycles. The maximum Gasteiger partial charge on any atom is 0.201 e. The first-order valence-electron chi connectivity index (χ1n) is 6.33. The zero-order valence-corrected chi connectivity index (χ0v) is 10.9. The number of aromatic nitrogens is 2. The zero-order chi connectivity index (χ0) is 13.3. The summed E-state index contributed by atoms with van der Waals surface area (Å²) < 4.78 is 11.0. The molecular formula is C13H18N4O2. The van der Waals surface area contributed by atoms with E-state index in [2.05, 4.69) is 15.3 Å². The van der Waals surface area contributed by atoms with E-state index in [0.29, 0.717) is 13.2 Å². The fourth-order valence-electron chi connectivity index (χ4n) is 2.32. The maximum atomic E-state index is 5.74. The van der Waals surface area contributed by atoms with Gasteiger partial charge in [-0.25, -0.2) is 4.98 Å². The maximum absolute atomic E-state index is 5.74. The summed E-state index contributed by atoms with van der Waals surface area (Å²) in [5.41, 5.74) is 8.04. The van der Waals surface area contributed by atoms with Gasteiger partial charge in [0.25, 0.3) is 0 Å². The van der Waals surface area contributed by atoms with E-state index in [-0.39, 0.29) is 5.60 Å². The van der Waals surface area contributed by atoms with Crippen LogP contribution in [0.15, 0.2) is 18.2 Å². The van der Waals surface area contributed by atoms with Crippen molar-refractivity contribution in [1.82, 2.24) is 9.97 Å². The molecule has 102 valence electrons. The number of benzene rings is 1. The normalized spacial score (nSPS) is 23.0. The molecule has 6 heteroatoms. The van der Waals surface area contributed by atoms with Crippen molar-refractivity contribution in [2.45, 2.75) is 12.0 Å². The van der Waals surface area contributed by atoms with Crippen molar-refractivity contribution in [3.63, 3.8) is 0 Å². The summed E-state index contributed by atoms with van der Waals surface area (Å²) in [6, 6.07) is 5.61. The van der Waals surface area contributed by atoms with Crippen LogP contribution in [0.3, 0.4) is 0 Å². The first-order chi connectivity index (χ1) is 9.21. The Labute approximate surface area is 111 Å². The van der Waals surface area contributed by atoms with Gasteiger partial charge in [0.15, 0.2) is 0 Å². The third kappa shape index (κ3) is 2.36. The predicted molar refractivity (Wildman–Crippen MR) is 74.2 cm³/mol. The number of imidazole rings is 1. The summed E-state index contributed by atoms with van der Waals surface area (Å²) in [6.45, 7) is 2.02. The van der Waals surface area contributed by atoms with E-state index in [1.807, 2.05) is 18.2 Å². The third-order valence-corrected chi connectivity index (χ3v) is 3.58. The third-order valence-electron chi connectivity index (χ3n) is 3.58. The zero-order valence-electron chi connectivity index (χ0n) is 10.9. The Kier molecular flexibility index (Phi) is 3.04. The molecule has 1 unspecified atom stereocenters. The van der Waals surface area contributed by atoms with Gasteiger partial charge in [0.1, 0.15) is 5.60 Å². The van der Waals surface area contributed by atoms with Crippen LogP contribution in [0.5, 0.6) is 0 Å². The standard InChI is InChI=1S/C13H18N4O2/c1-18-13(4-5-19-8-13)7-15-12-16-10-3-2-9(14)6-11(10)17-12/h2-3,6H,4-5,7-8,14H2,1H3,(H2,15,16,17). The van der Waals surface area contributed by atoms with Crippen LogP contribution in [-0.4, -0.2) is 42.4 Å². The Morgan fingerprint density at radius 3 is 3.21 bits per heavy atom. The van der Waals surface area contributed by atoms with Crippen LogP contribution in [0, 0.1) is 0 Å². The lowest BCUT2D eigenvalue weighted by Crippen LogP contribution is -2.39. The van der Waals surface area contributed by atoms with Crippen LogP contribution < -0.4 is 11.1 Å². The molecule has 4 N–H and O–H groups in total. The molecule has 1 aromatic heterocycles. The highest BCUT2D eigenvalue weighted by Crippen LogP contribution is 2.23. The first kappa shape index (κ1) is 12.3. The molecule has 0 saturated carbocycles. The SMILES string of the molecule is COC1(CNc2nc3ccc(N)cc3[nH]2)CCOC1. The highest BCUT2D eigenvalue weighted by molar-refractivity contribution is 5.80. The lowest BCUT2D eigenvalue weighted by Gasteiger charge is -2.25. The molecule has 0 aliphatic carbocycles. The van der Waals surface area contributed by atoms with Crippen LogP contribution in [0.2, 0.25) is 0 Å². The van der Waals surface area contributed by atoms with Crippen molar-refractivity contribution in [2.75, 3.05) is 37.9 Å². The quantitative estimate of drug-likeness (QED) is 0.724. The molecular weight excluding hydrogens is 244 g/mol. The Hall–Kier alpha value is -1.79. The summed E-state index contributed by atoms with van der Waals surface area (Å²) in [4.78, 5) is 7.66. The molecule has 0 amide bonds. The Morgan fingerprint density at radius 1 is 1.58 bits per heavy atom. The second kappa shape index (κ2) is 4.71. The second-order valence-corrected chi connectivity index (χ2v) is 4.91. The minimum Gasteiger partial charge on any atom is -0.399 e. The van der Waals surface area contributed by atoms with E-state index < -0.39 is 0 Å². The Balaban J connectivity index is 1.74. The average Bonchev–Trinajstić information content (AvgIpc) is 3.02. The first-order valence-corrected chi connectivity index (χ1v) is 6.33. The van der Waals surface area contributed by atoms with E-state index >= 15 is 0 Å². The van der Waals surface area contributed by atoms with Crippen LogP contribution in [0.1, 0.15) is 6.42 Å². The summed E-state index contributed by atoms with van der Waals surface area (Å²) in [5.74, 6) is 0.726. The van der Waals surface area contributed by atoms with Gasteiger partial charge in [-0.05, 0) is 18.2 Å². The number of nitrogens with one attached hydrogen (secondary N) is 2. The van der Waals surface area contributed by atoms with Gasteiger partial charge < -0.3 is 25.5 Å². The fourth-order valence-corrected chi connectivity index (χ4v) is 2.32. The number of methoxy groups -OCH3 is 1. The molecule has 6 nitrogen and oxygen atoms in total. The number of nitrogen functional groups attached to an aromatic ring is 1. The van der Waals surface area contributed by atoms with Gasteiger partial charge in [-0.15, -0.1) is 0 Å². The number of hydrogen-bond acceptors (Lipinski definition) is 5. The lowest BCUT2D eigenvalue weighted by molar-refractivity contribution is -0.00629. The van der Waals surface area contributed by atoms with Gasteiger partial charge in [-0.1, -0.05) is 0 Å². The average molecular weight is 262 g/mol. The smallest absolute Gasteiger partial charge is 0.201 e. The summed E-state index contributed by atoms with van der Waals surface area (Å²) in [5, 5.41) is 3.27. The highest BCUT2D eigenvalue weighted by atomic mass is 16.5. The largest absolute Gasteiger partial charge is 0.399 e. The minimum absolute atomic E-state index is 0.252. The fraction of sp³-hybridized carbons (Fsp3) is 0.462. The molecule has 3 rings (SSSR count). The summed E-state index contributed by atoms with van der Waals surface area (Å²) in [6.07, 6.45) is 0.893. The number of fused-ring (bicyclic) bond motifs is 1. The van der Waals surface area contributed by atoms with Gasteiger partial charge in [0, 0.05) is 32.4 Å². The van der Waals surface area contributed by atoms with Gasteiger partial charge >= 0.3 is 0 Å². The number of hydrogen-bond donors (Lipinski definition) is 3. The van der Waals surface area contributed by atoms with Crippen LogP contribution in [-0.2, 0) is 9.47 Å². The van der Waals surface area contributed by atoms with E-state index in [0.717, 1.165) is 35.7 Å². The van der Waals surface area contributed by atoms with Crippen LogP contribution in [0.25, 0.3) is 11.0 Å². The number of nitrogens with two attached hydrogens (primary N) is 1. The number of anilines is 2. The second-order valence-electron chi connectivity index (χ2n) is 4.91. The number of ether oxygens (including phenoxy) is 2. The Morgan fingerprint density at radius 2 is 2.47 bits per heavy atom. The number of nitrogens with zero attached hydrogens (tertiary/aromatic N) is 1. The molecule has 1 aliphatic heterocycles. The van der Waals surface area contributed by atoms with E-state index in [4.69, 9.17) is 15.2 Å². The topological polar surface area (TPSA) is 85.2 Å². The van der Waals surface area contributed by atoms with Gasteiger partial charge in [0.05, 0.1) is 17.6 Å². The van der Waals surface area contributed by atoms with Crippen molar-refractivity contribution in [3.8, 4) is 0 Å². The Bertz CT molecular complexity index is 575. The molecule has 2 aromatic rings. The van der Waals surface area contributed by atoms with Crippen molar-refractivity contribution in [1.29, 1.82) is 0 Å². The molecule has 0 spiro atoms. The lowest BCUT2D eigenvalue weighted by atomic mass is 10.0. The highest BCUT2D eigenvalue weighted by Gasteiger charge is 2.34. The molecule has 1 aromatic carbocycles. The molecule has 1 aliphatic rings. The van der Waals surface area contributed by atoms with E-state index in [1.54, 1.807) is 7.11 Å². The molecule has 2 heterocycles. The number of rotatable bonds is 4. The molecule has 1 atom stereocenters. The monoisotopic (exact) mass is 262 g/mol. The molecule has 1 fully saturated rings. The van der Waals surface area contributed by atoms with Crippen molar-refractivity contribution in [2.24, 2.45) is 0 Å². The predicted octanol–water partition coefficient (Wildman–Crippen LogP) is 1.36. The molecule has 19 heavy (non-hydrogen) atoms. The van der Waals surface area contributed by atoms with Gasteiger partial charge in [-0.2, -0.15) is 0 Å². The van der Waals surface area contributed by atoms with E-state index in [1.165, 1.54) is 0 Å². The van der Waals surface area contributed by atoms with E-state index in [9.17, 15) is 0 Å². The van der Waals surface area contributed by atoms with Crippen molar-refractivity contribution in [3.05, 3.63) is 18.2 Å². The molecule has 0 bridgehead atoms. The van der Waals surface area contributed by atoms with Crippen molar-refractivity contribution >= 4 is 22.7 Å². The summed E-state index contributed by atoms with van der Waals surface area (Å²) >= 11 is 0. The van der Waals surface area contributed by atoms with Gasteiger partial charge in [0.2, 0.25) is 5.95 Å². The number of aromatic amines is 1. The minimum atomic E-state index is -0.252. The van der Waals surface area contributed by atoms with Crippen molar-refractivity contribution < 1.29 is 9.47 Å². The molecule has 0 radical (unpaired) electrons. The van der Waals surface area contributed by atoms with Crippen LogP contribution >= 0.6 is 0 Å². The van der Waals surface area contributed by atoms with Crippen LogP contribution in [0.4, 0.5) is 11.6 Å².